The molecule has 0 bridgehead atoms. The van der Waals surface area contributed by atoms with Crippen molar-refractivity contribution in [3.05, 3.63) is 0 Å². The monoisotopic (exact) mass is 250 g/mol. The highest BCUT2D eigenvalue weighted by molar-refractivity contribution is 4.96. The van der Waals surface area contributed by atoms with Gasteiger partial charge in [0.25, 0.3) is 0 Å². The van der Waals surface area contributed by atoms with Gasteiger partial charge in [0, 0.05) is 31.2 Å². The Morgan fingerprint density at radius 3 is 2.39 bits per heavy atom. The first kappa shape index (κ1) is 12.9. The van der Waals surface area contributed by atoms with Gasteiger partial charge in [0.2, 0.25) is 0 Å². The van der Waals surface area contributed by atoms with E-state index in [2.05, 4.69) is 24.1 Å². The van der Waals surface area contributed by atoms with E-state index in [4.69, 9.17) is 0 Å². The summed E-state index contributed by atoms with van der Waals surface area (Å²) in [5, 5.41) is 3.78. The zero-order chi connectivity index (χ0) is 12.5. The predicted octanol–water partition coefficient (Wildman–Crippen LogP) is 3.03. The second-order valence-electron chi connectivity index (χ2n) is 6.98. The van der Waals surface area contributed by atoms with Gasteiger partial charge in [-0.25, -0.2) is 0 Å². The summed E-state index contributed by atoms with van der Waals surface area (Å²) in [6, 6.07) is 2.46. The Bertz CT molecular complexity index is 266. The SMILES string of the molecule is CCC1CCC(N2CC(C3CC3)NCC2C)CC1. The number of nitrogens with one attached hydrogen (secondary N) is 1. The largest absolute Gasteiger partial charge is 0.311 e. The summed E-state index contributed by atoms with van der Waals surface area (Å²) in [6.07, 6.45) is 10.2. The maximum atomic E-state index is 3.78. The summed E-state index contributed by atoms with van der Waals surface area (Å²) >= 11 is 0. The minimum atomic E-state index is 0.753. The van der Waals surface area contributed by atoms with Gasteiger partial charge in [0.15, 0.2) is 0 Å². The van der Waals surface area contributed by atoms with Crippen molar-refractivity contribution in [1.82, 2.24) is 10.2 Å². The molecular formula is C16H30N2. The Morgan fingerprint density at radius 1 is 1.06 bits per heavy atom. The maximum absolute atomic E-state index is 3.78. The Labute approximate surface area is 113 Å². The molecule has 1 saturated heterocycles. The van der Waals surface area contributed by atoms with Gasteiger partial charge in [-0.1, -0.05) is 13.3 Å². The molecule has 104 valence electrons. The molecule has 3 rings (SSSR count). The highest BCUT2D eigenvalue weighted by atomic mass is 15.3. The quantitative estimate of drug-likeness (QED) is 0.828. The van der Waals surface area contributed by atoms with Crippen molar-refractivity contribution in [2.75, 3.05) is 13.1 Å². The lowest BCUT2D eigenvalue weighted by molar-refractivity contribution is 0.0559. The molecule has 3 aliphatic rings. The van der Waals surface area contributed by atoms with Crippen LogP contribution in [0.25, 0.3) is 0 Å². The smallest absolute Gasteiger partial charge is 0.0224 e. The Balaban J connectivity index is 1.56. The standard InChI is InChI=1S/C16H30N2/c1-3-13-4-8-15(9-5-13)18-11-16(14-6-7-14)17-10-12(18)2/h12-17H,3-11H2,1-2H3. The van der Waals surface area contributed by atoms with Crippen LogP contribution < -0.4 is 5.32 Å². The second-order valence-corrected chi connectivity index (χ2v) is 6.98. The molecule has 0 aromatic heterocycles. The second kappa shape index (κ2) is 5.50. The zero-order valence-electron chi connectivity index (χ0n) is 12.2. The van der Waals surface area contributed by atoms with E-state index in [1.807, 2.05) is 0 Å². The number of piperazine rings is 1. The fourth-order valence-corrected chi connectivity index (χ4v) is 4.12. The molecule has 3 fully saturated rings. The summed E-state index contributed by atoms with van der Waals surface area (Å²) in [6.45, 7) is 7.33. The average Bonchev–Trinajstić information content (AvgIpc) is 3.24. The lowest BCUT2D eigenvalue weighted by Gasteiger charge is -2.45. The molecule has 18 heavy (non-hydrogen) atoms. The van der Waals surface area contributed by atoms with Crippen LogP contribution in [0.2, 0.25) is 0 Å². The third-order valence-corrected chi connectivity index (χ3v) is 5.70. The van der Waals surface area contributed by atoms with Crippen LogP contribution in [0, 0.1) is 11.8 Å². The van der Waals surface area contributed by atoms with Gasteiger partial charge in [-0.3, -0.25) is 4.90 Å². The Morgan fingerprint density at radius 2 is 1.78 bits per heavy atom. The van der Waals surface area contributed by atoms with E-state index in [1.54, 1.807) is 0 Å². The normalized spacial score (nSPS) is 43.0. The Kier molecular flexibility index (Phi) is 3.95. The fraction of sp³-hybridized carbons (Fsp3) is 1.00. The van der Waals surface area contributed by atoms with Gasteiger partial charge < -0.3 is 5.32 Å². The minimum Gasteiger partial charge on any atom is -0.311 e. The van der Waals surface area contributed by atoms with Crippen LogP contribution in [0.3, 0.4) is 0 Å². The zero-order valence-corrected chi connectivity index (χ0v) is 12.2. The Hall–Kier alpha value is -0.0800. The molecule has 2 aliphatic carbocycles. The molecule has 2 nitrogen and oxygen atoms in total. The fourth-order valence-electron chi connectivity index (χ4n) is 4.12. The third-order valence-electron chi connectivity index (χ3n) is 5.70. The number of hydrogen-bond acceptors (Lipinski definition) is 2. The average molecular weight is 250 g/mol. The molecule has 0 amide bonds. The van der Waals surface area contributed by atoms with Crippen LogP contribution in [-0.4, -0.2) is 36.1 Å². The van der Waals surface area contributed by atoms with Crippen LogP contribution in [-0.2, 0) is 0 Å². The van der Waals surface area contributed by atoms with Crippen molar-refractivity contribution in [1.29, 1.82) is 0 Å². The third kappa shape index (κ3) is 2.75. The lowest BCUT2D eigenvalue weighted by atomic mass is 9.83. The molecular weight excluding hydrogens is 220 g/mol. The molecule has 2 saturated carbocycles. The number of hydrogen-bond donors (Lipinski definition) is 1. The van der Waals surface area contributed by atoms with Gasteiger partial charge in [-0.05, 0) is 57.3 Å². The molecule has 2 heteroatoms. The molecule has 0 radical (unpaired) electrons. The molecule has 1 heterocycles. The minimum absolute atomic E-state index is 0.753. The summed E-state index contributed by atoms with van der Waals surface area (Å²) in [5.41, 5.74) is 0. The van der Waals surface area contributed by atoms with E-state index < -0.39 is 0 Å². The van der Waals surface area contributed by atoms with E-state index in [0.29, 0.717) is 0 Å². The van der Waals surface area contributed by atoms with E-state index in [1.165, 1.54) is 58.0 Å². The topological polar surface area (TPSA) is 15.3 Å². The van der Waals surface area contributed by atoms with E-state index in [9.17, 15) is 0 Å². The molecule has 0 aromatic carbocycles. The van der Waals surface area contributed by atoms with Gasteiger partial charge in [0.1, 0.15) is 0 Å². The van der Waals surface area contributed by atoms with Crippen molar-refractivity contribution >= 4 is 0 Å². The van der Waals surface area contributed by atoms with Crippen LogP contribution in [0.15, 0.2) is 0 Å². The van der Waals surface area contributed by atoms with E-state index in [-0.39, 0.29) is 0 Å². The number of nitrogens with zero attached hydrogens (tertiary/aromatic N) is 1. The molecule has 1 aliphatic heterocycles. The summed E-state index contributed by atoms with van der Waals surface area (Å²) in [7, 11) is 0. The molecule has 0 aromatic rings. The van der Waals surface area contributed by atoms with Crippen molar-refractivity contribution in [3.63, 3.8) is 0 Å². The first-order valence-electron chi connectivity index (χ1n) is 8.27. The molecule has 2 unspecified atom stereocenters. The predicted molar refractivity (Wildman–Crippen MR) is 76.7 cm³/mol. The highest BCUT2D eigenvalue weighted by Crippen LogP contribution is 2.36. The van der Waals surface area contributed by atoms with Crippen LogP contribution in [0.5, 0.6) is 0 Å². The lowest BCUT2D eigenvalue weighted by Crippen LogP contribution is -2.59. The molecule has 1 N–H and O–H groups in total. The van der Waals surface area contributed by atoms with Crippen LogP contribution >= 0.6 is 0 Å². The van der Waals surface area contributed by atoms with E-state index in [0.717, 1.165) is 30.0 Å². The van der Waals surface area contributed by atoms with Crippen LogP contribution in [0.1, 0.15) is 58.8 Å². The summed E-state index contributed by atoms with van der Waals surface area (Å²) < 4.78 is 0. The van der Waals surface area contributed by atoms with Gasteiger partial charge in [-0.15, -0.1) is 0 Å². The molecule has 2 atom stereocenters. The van der Waals surface area contributed by atoms with Crippen LogP contribution in [0.4, 0.5) is 0 Å². The number of rotatable bonds is 3. The van der Waals surface area contributed by atoms with E-state index >= 15 is 0 Å². The highest BCUT2D eigenvalue weighted by Gasteiger charge is 2.38. The summed E-state index contributed by atoms with van der Waals surface area (Å²) in [5.74, 6) is 2.03. The summed E-state index contributed by atoms with van der Waals surface area (Å²) in [4.78, 5) is 2.85. The first-order chi connectivity index (χ1) is 8.78. The van der Waals surface area contributed by atoms with Crippen molar-refractivity contribution in [2.45, 2.75) is 76.9 Å². The van der Waals surface area contributed by atoms with Crippen molar-refractivity contribution < 1.29 is 0 Å². The van der Waals surface area contributed by atoms with Gasteiger partial charge in [-0.2, -0.15) is 0 Å². The first-order valence-corrected chi connectivity index (χ1v) is 8.27. The van der Waals surface area contributed by atoms with Gasteiger partial charge in [0.05, 0.1) is 0 Å². The van der Waals surface area contributed by atoms with Gasteiger partial charge >= 0.3 is 0 Å². The van der Waals surface area contributed by atoms with Crippen molar-refractivity contribution in [3.8, 4) is 0 Å². The molecule has 0 spiro atoms. The van der Waals surface area contributed by atoms with Crippen molar-refractivity contribution in [2.24, 2.45) is 11.8 Å². The maximum Gasteiger partial charge on any atom is 0.0224 e.